The van der Waals surface area contributed by atoms with Crippen molar-refractivity contribution in [1.82, 2.24) is 0 Å². The lowest BCUT2D eigenvalue weighted by Crippen LogP contribution is -2.07. The van der Waals surface area contributed by atoms with Crippen molar-refractivity contribution in [1.29, 1.82) is 0 Å². The molecule has 0 amide bonds. The van der Waals surface area contributed by atoms with Crippen LogP contribution in [0.1, 0.15) is 22.8 Å². The highest BCUT2D eigenvalue weighted by Gasteiger charge is 2.10. The van der Waals surface area contributed by atoms with E-state index in [2.05, 4.69) is 0 Å². The molecule has 21 heavy (non-hydrogen) atoms. The van der Waals surface area contributed by atoms with Crippen molar-refractivity contribution in [2.24, 2.45) is 0 Å². The number of hydrogen-bond donors (Lipinski definition) is 1. The maximum Gasteiger partial charge on any atom is 0.338 e. The summed E-state index contributed by atoms with van der Waals surface area (Å²) in [7, 11) is 0. The van der Waals surface area contributed by atoms with Crippen LogP contribution < -0.4 is 10.5 Å². The fourth-order valence-electron chi connectivity index (χ4n) is 1.92. The van der Waals surface area contributed by atoms with Gasteiger partial charge in [-0.25, -0.2) is 4.79 Å². The molecule has 0 saturated carbocycles. The first-order valence-corrected chi connectivity index (χ1v) is 6.94. The largest absolute Gasteiger partial charge is 0.491 e. The predicted molar refractivity (Wildman–Crippen MR) is 82.5 cm³/mol. The molecule has 0 spiro atoms. The Hall–Kier alpha value is -2.49. The molecule has 0 bridgehead atoms. The highest BCUT2D eigenvalue weighted by Crippen LogP contribution is 2.23. The van der Waals surface area contributed by atoms with E-state index in [1.165, 1.54) is 5.56 Å². The SMILES string of the molecule is CCOC(=O)c1ccc(N)c(OCCc2ccccc2)c1. The summed E-state index contributed by atoms with van der Waals surface area (Å²) >= 11 is 0. The Morgan fingerprint density at radius 3 is 2.62 bits per heavy atom. The average Bonchev–Trinajstić information content (AvgIpc) is 2.50. The van der Waals surface area contributed by atoms with Gasteiger partial charge in [-0.05, 0) is 30.7 Å². The van der Waals surface area contributed by atoms with Crippen LogP contribution in [0.4, 0.5) is 5.69 Å². The van der Waals surface area contributed by atoms with Gasteiger partial charge in [-0.1, -0.05) is 30.3 Å². The molecule has 0 heterocycles. The van der Waals surface area contributed by atoms with Crippen LogP contribution in [0.25, 0.3) is 0 Å². The maximum atomic E-state index is 11.7. The number of esters is 1. The molecule has 2 rings (SSSR count). The van der Waals surface area contributed by atoms with Gasteiger partial charge in [0.05, 0.1) is 24.5 Å². The summed E-state index contributed by atoms with van der Waals surface area (Å²) in [6, 6.07) is 15.0. The molecule has 0 aliphatic carbocycles. The van der Waals surface area contributed by atoms with Gasteiger partial charge in [-0.3, -0.25) is 0 Å². The number of hydrogen-bond acceptors (Lipinski definition) is 4. The topological polar surface area (TPSA) is 61.5 Å². The Kier molecular flexibility index (Phi) is 5.21. The first-order valence-electron chi connectivity index (χ1n) is 6.94. The normalized spacial score (nSPS) is 10.1. The second-order valence-electron chi connectivity index (χ2n) is 4.56. The summed E-state index contributed by atoms with van der Waals surface area (Å²) in [5, 5.41) is 0. The van der Waals surface area contributed by atoms with Crippen LogP contribution in [0.3, 0.4) is 0 Å². The van der Waals surface area contributed by atoms with Crippen LogP contribution in [0, 0.1) is 0 Å². The number of rotatable bonds is 6. The number of anilines is 1. The van der Waals surface area contributed by atoms with Crippen LogP contribution in [0.15, 0.2) is 48.5 Å². The Morgan fingerprint density at radius 1 is 1.14 bits per heavy atom. The lowest BCUT2D eigenvalue weighted by molar-refractivity contribution is 0.0526. The fourth-order valence-corrected chi connectivity index (χ4v) is 1.92. The van der Waals surface area contributed by atoms with Crippen molar-refractivity contribution in [3.63, 3.8) is 0 Å². The number of benzene rings is 2. The smallest absolute Gasteiger partial charge is 0.338 e. The third-order valence-corrected chi connectivity index (χ3v) is 3.02. The van der Waals surface area contributed by atoms with E-state index in [1.807, 2.05) is 30.3 Å². The molecule has 0 aliphatic heterocycles. The molecule has 0 aromatic heterocycles. The van der Waals surface area contributed by atoms with Gasteiger partial charge in [0.2, 0.25) is 0 Å². The first-order chi connectivity index (χ1) is 10.2. The third kappa shape index (κ3) is 4.24. The predicted octanol–water partition coefficient (Wildman–Crippen LogP) is 3.07. The molecule has 2 N–H and O–H groups in total. The van der Waals surface area contributed by atoms with E-state index in [1.54, 1.807) is 25.1 Å². The average molecular weight is 285 g/mol. The van der Waals surface area contributed by atoms with Gasteiger partial charge < -0.3 is 15.2 Å². The van der Waals surface area contributed by atoms with Gasteiger partial charge in [0.25, 0.3) is 0 Å². The van der Waals surface area contributed by atoms with Crippen LogP contribution >= 0.6 is 0 Å². The van der Waals surface area contributed by atoms with Gasteiger partial charge >= 0.3 is 5.97 Å². The van der Waals surface area contributed by atoms with Crippen molar-refractivity contribution in [2.75, 3.05) is 18.9 Å². The van der Waals surface area contributed by atoms with Crippen LogP contribution in [0.2, 0.25) is 0 Å². The molecule has 4 nitrogen and oxygen atoms in total. The number of carbonyl (C=O) groups is 1. The van der Waals surface area contributed by atoms with E-state index in [0.29, 0.717) is 30.2 Å². The number of nitrogens with two attached hydrogens (primary N) is 1. The molecule has 0 saturated heterocycles. The minimum atomic E-state index is -0.370. The molecule has 0 atom stereocenters. The highest BCUT2D eigenvalue weighted by atomic mass is 16.5. The summed E-state index contributed by atoms with van der Waals surface area (Å²) in [6.45, 7) is 2.61. The molecule has 0 aliphatic rings. The molecular formula is C17H19NO3. The van der Waals surface area contributed by atoms with Crippen molar-refractivity contribution in [2.45, 2.75) is 13.3 Å². The quantitative estimate of drug-likeness (QED) is 0.654. The lowest BCUT2D eigenvalue weighted by atomic mass is 10.1. The Bertz CT molecular complexity index is 596. The number of carbonyl (C=O) groups excluding carboxylic acids is 1. The van der Waals surface area contributed by atoms with Gasteiger partial charge in [-0.15, -0.1) is 0 Å². The zero-order valence-electron chi connectivity index (χ0n) is 12.0. The number of nitrogen functional groups attached to an aromatic ring is 1. The van der Waals surface area contributed by atoms with E-state index < -0.39 is 0 Å². The van der Waals surface area contributed by atoms with Crippen molar-refractivity contribution in [3.8, 4) is 5.75 Å². The maximum absolute atomic E-state index is 11.7. The molecule has 2 aromatic rings. The molecular weight excluding hydrogens is 266 g/mol. The summed E-state index contributed by atoms with van der Waals surface area (Å²) in [5.41, 5.74) is 8.01. The number of ether oxygens (including phenoxy) is 2. The molecule has 2 aromatic carbocycles. The van der Waals surface area contributed by atoms with Crippen LogP contribution in [-0.2, 0) is 11.2 Å². The van der Waals surface area contributed by atoms with Crippen LogP contribution in [0.5, 0.6) is 5.75 Å². The van der Waals surface area contributed by atoms with Gasteiger partial charge in [-0.2, -0.15) is 0 Å². The Balaban J connectivity index is 1.99. The third-order valence-electron chi connectivity index (χ3n) is 3.02. The molecule has 110 valence electrons. The summed E-state index contributed by atoms with van der Waals surface area (Å²) in [4.78, 5) is 11.7. The second-order valence-corrected chi connectivity index (χ2v) is 4.56. The van der Waals surface area contributed by atoms with Gasteiger partial charge in [0, 0.05) is 6.42 Å². The van der Waals surface area contributed by atoms with E-state index in [0.717, 1.165) is 6.42 Å². The van der Waals surface area contributed by atoms with E-state index in [-0.39, 0.29) is 5.97 Å². The summed E-state index contributed by atoms with van der Waals surface area (Å²) in [6.07, 6.45) is 0.782. The van der Waals surface area contributed by atoms with E-state index in [4.69, 9.17) is 15.2 Å². The van der Waals surface area contributed by atoms with Gasteiger partial charge in [0.1, 0.15) is 5.75 Å². The molecule has 0 fully saturated rings. The monoisotopic (exact) mass is 285 g/mol. The Labute approximate surface area is 124 Å². The van der Waals surface area contributed by atoms with Crippen molar-refractivity contribution >= 4 is 11.7 Å². The van der Waals surface area contributed by atoms with Crippen molar-refractivity contribution < 1.29 is 14.3 Å². The zero-order chi connectivity index (χ0) is 15.1. The summed E-state index contributed by atoms with van der Waals surface area (Å²) in [5.74, 6) is 0.141. The standard InChI is InChI=1S/C17H19NO3/c1-2-20-17(19)14-8-9-15(18)16(12-14)21-11-10-13-6-4-3-5-7-13/h3-9,12H,2,10-11,18H2,1H3. The lowest BCUT2D eigenvalue weighted by Gasteiger charge is -2.10. The highest BCUT2D eigenvalue weighted by molar-refractivity contribution is 5.90. The minimum absolute atomic E-state index is 0.341. The molecule has 0 radical (unpaired) electrons. The minimum Gasteiger partial charge on any atom is -0.491 e. The summed E-state index contributed by atoms with van der Waals surface area (Å²) < 4.78 is 10.6. The molecule has 0 unspecified atom stereocenters. The van der Waals surface area contributed by atoms with Gasteiger partial charge in [0.15, 0.2) is 0 Å². The Morgan fingerprint density at radius 2 is 1.90 bits per heavy atom. The van der Waals surface area contributed by atoms with E-state index >= 15 is 0 Å². The second kappa shape index (κ2) is 7.33. The first kappa shape index (κ1) is 14.9. The zero-order valence-corrected chi connectivity index (χ0v) is 12.0. The molecule has 4 heteroatoms. The van der Waals surface area contributed by atoms with Crippen molar-refractivity contribution in [3.05, 3.63) is 59.7 Å². The fraction of sp³-hybridized carbons (Fsp3) is 0.235. The van der Waals surface area contributed by atoms with Crippen LogP contribution in [-0.4, -0.2) is 19.2 Å². The van der Waals surface area contributed by atoms with E-state index in [9.17, 15) is 4.79 Å².